The highest BCUT2D eigenvalue weighted by Gasteiger charge is 2.21. The van der Waals surface area contributed by atoms with Crippen LogP contribution in [0.15, 0.2) is 72.8 Å². The largest absolute Gasteiger partial charge is 0.455 e. The zero-order valence-corrected chi connectivity index (χ0v) is 21.0. The molecule has 0 aliphatic rings. The summed E-state index contributed by atoms with van der Waals surface area (Å²) in [7, 11) is 0. The molecule has 0 aromatic heterocycles. The number of hydrogen-bond donors (Lipinski definition) is 2. The molecule has 0 radical (unpaired) electrons. The molecule has 0 unspecified atom stereocenters. The second kappa shape index (κ2) is 10.8. The Hall–Kier alpha value is -4.23. The number of ether oxygens (including phenoxy) is 1. The van der Waals surface area contributed by atoms with Crippen LogP contribution in [0.4, 0.5) is 19.3 Å². The van der Waals surface area contributed by atoms with E-state index < -0.39 is 29.1 Å². The predicted octanol–water partition coefficient (Wildman–Crippen LogP) is 7.96. The lowest BCUT2D eigenvalue weighted by Crippen LogP contribution is -2.35. The number of benzene rings is 4. The van der Waals surface area contributed by atoms with Crippen LogP contribution in [0.25, 0.3) is 11.1 Å². The van der Waals surface area contributed by atoms with Crippen molar-refractivity contribution in [3.63, 3.8) is 0 Å². The van der Waals surface area contributed by atoms with E-state index in [4.69, 9.17) is 16.3 Å². The third kappa shape index (κ3) is 5.62. The van der Waals surface area contributed by atoms with Crippen LogP contribution in [-0.2, 0) is 0 Å². The van der Waals surface area contributed by atoms with Gasteiger partial charge in [0.15, 0.2) is 0 Å². The van der Waals surface area contributed by atoms with E-state index in [-0.39, 0.29) is 5.02 Å². The molecule has 0 spiro atoms. The van der Waals surface area contributed by atoms with Crippen molar-refractivity contribution in [2.24, 2.45) is 0 Å². The highest BCUT2D eigenvalue weighted by atomic mass is 35.5. The first-order valence-corrected chi connectivity index (χ1v) is 11.7. The van der Waals surface area contributed by atoms with Gasteiger partial charge in [-0.25, -0.2) is 13.6 Å². The van der Waals surface area contributed by atoms with E-state index in [1.807, 2.05) is 60.8 Å². The van der Waals surface area contributed by atoms with Crippen LogP contribution in [0.1, 0.15) is 27.0 Å². The van der Waals surface area contributed by atoms with Gasteiger partial charge in [-0.15, -0.1) is 0 Å². The van der Waals surface area contributed by atoms with E-state index in [9.17, 15) is 18.4 Å². The fraction of sp³-hybridized carbons (Fsp3) is 0.103. The van der Waals surface area contributed by atoms with Gasteiger partial charge in [0.1, 0.15) is 28.7 Å². The quantitative estimate of drug-likeness (QED) is 0.280. The molecule has 8 heteroatoms. The summed E-state index contributed by atoms with van der Waals surface area (Å²) in [4.78, 5) is 24.7. The molecule has 0 bridgehead atoms. The van der Waals surface area contributed by atoms with Gasteiger partial charge < -0.3 is 10.1 Å². The van der Waals surface area contributed by atoms with Crippen molar-refractivity contribution in [1.82, 2.24) is 5.32 Å². The first-order valence-electron chi connectivity index (χ1n) is 11.4. The summed E-state index contributed by atoms with van der Waals surface area (Å²) < 4.78 is 34.0. The van der Waals surface area contributed by atoms with E-state index in [0.29, 0.717) is 28.3 Å². The maximum atomic E-state index is 13.9. The fourth-order valence-corrected chi connectivity index (χ4v) is 4.12. The number of carbonyl (C=O) groups excluding carboxylic acids is 2. The summed E-state index contributed by atoms with van der Waals surface area (Å²) in [5.74, 6) is -2.34. The fourth-order valence-electron chi connectivity index (χ4n) is 3.83. The van der Waals surface area contributed by atoms with Crippen LogP contribution in [0.3, 0.4) is 0 Å². The van der Waals surface area contributed by atoms with Crippen LogP contribution >= 0.6 is 11.6 Å². The van der Waals surface area contributed by atoms with Crippen molar-refractivity contribution in [2.75, 3.05) is 5.32 Å². The summed E-state index contributed by atoms with van der Waals surface area (Å²) in [6, 6.07) is 19.3. The predicted molar refractivity (Wildman–Crippen MR) is 140 cm³/mol. The minimum atomic E-state index is -1.21. The second-order valence-electron chi connectivity index (χ2n) is 8.48. The minimum absolute atomic E-state index is 0.265. The van der Waals surface area contributed by atoms with Crippen molar-refractivity contribution < 1.29 is 23.1 Å². The van der Waals surface area contributed by atoms with Crippen molar-refractivity contribution in [3.05, 3.63) is 112 Å². The number of urea groups is 1. The number of rotatable bonds is 5. The van der Waals surface area contributed by atoms with Gasteiger partial charge in [-0.2, -0.15) is 0 Å². The summed E-state index contributed by atoms with van der Waals surface area (Å²) in [5, 5.41) is 4.71. The molecule has 0 heterocycles. The summed E-state index contributed by atoms with van der Waals surface area (Å²) in [6.45, 7) is 5.44. The van der Waals surface area contributed by atoms with E-state index in [2.05, 4.69) is 5.32 Å². The minimum Gasteiger partial charge on any atom is -0.455 e. The SMILES string of the molecule is Cc1ccc(Oc2c(C)cc(NC(=O)NC(=O)c3c(F)cccc3F)c(C)c2Cl)c(-c2ccccc2)c1. The lowest BCUT2D eigenvalue weighted by molar-refractivity contribution is 0.0959. The Morgan fingerprint density at radius 3 is 2.22 bits per heavy atom. The van der Waals surface area contributed by atoms with Crippen molar-refractivity contribution in [3.8, 4) is 22.6 Å². The van der Waals surface area contributed by atoms with E-state index in [0.717, 1.165) is 34.9 Å². The number of nitrogens with one attached hydrogen (secondary N) is 2. The zero-order valence-electron chi connectivity index (χ0n) is 20.3. The highest BCUT2D eigenvalue weighted by molar-refractivity contribution is 6.33. The molecule has 0 atom stereocenters. The normalized spacial score (nSPS) is 10.6. The first-order chi connectivity index (χ1) is 17.7. The summed E-state index contributed by atoms with van der Waals surface area (Å²) in [6.07, 6.45) is 0. The lowest BCUT2D eigenvalue weighted by Gasteiger charge is -2.18. The molecule has 3 amide bonds. The molecule has 0 saturated carbocycles. The highest BCUT2D eigenvalue weighted by Crippen LogP contribution is 2.41. The maximum absolute atomic E-state index is 13.9. The Kier molecular flexibility index (Phi) is 7.55. The molecule has 0 aliphatic heterocycles. The molecular formula is C29H23ClF2N2O3. The van der Waals surface area contributed by atoms with Gasteiger partial charge in [-0.3, -0.25) is 10.1 Å². The van der Waals surface area contributed by atoms with Crippen molar-refractivity contribution in [1.29, 1.82) is 0 Å². The molecule has 4 aromatic carbocycles. The smallest absolute Gasteiger partial charge is 0.326 e. The maximum Gasteiger partial charge on any atom is 0.326 e. The second-order valence-corrected chi connectivity index (χ2v) is 8.86. The lowest BCUT2D eigenvalue weighted by atomic mass is 10.0. The molecule has 2 N–H and O–H groups in total. The molecule has 0 aliphatic carbocycles. The van der Waals surface area contributed by atoms with Crippen molar-refractivity contribution in [2.45, 2.75) is 20.8 Å². The Bertz CT molecular complexity index is 1490. The van der Waals surface area contributed by atoms with Crippen LogP contribution in [0, 0.1) is 32.4 Å². The zero-order chi connectivity index (χ0) is 26.7. The third-order valence-electron chi connectivity index (χ3n) is 5.75. The third-order valence-corrected chi connectivity index (χ3v) is 6.20. The molecule has 4 rings (SSSR count). The van der Waals surface area contributed by atoms with Gasteiger partial charge in [0.2, 0.25) is 0 Å². The molecule has 37 heavy (non-hydrogen) atoms. The molecule has 4 aromatic rings. The van der Waals surface area contributed by atoms with Crippen LogP contribution in [-0.4, -0.2) is 11.9 Å². The Morgan fingerprint density at radius 2 is 1.54 bits per heavy atom. The topological polar surface area (TPSA) is 67.4 Å². The standard InChI is InChI=1S/C29H23ClF2N2O3/c1-16-12-13-24(20(14-16)19-8-5-4-6-9-19)37-27-17(2)15-23(18(3)26(27)30)33-29(36)34-28(35)25-21(31)10-7-11-22(25)32/h4-15H,1-3H3,(H2,33,34,35,36). The number of aryl methyl sites for hydroxylation is 2. The average molecular weight is 521 g/mol. The van der Waals surface area contributed by atoms with E-state index in [1.165, 1.54) is 0 Å². The van der Waals surface area contributed by atoms with Gasteiger partial charge in [-0.05, 0) is 67.8 Å². The van der Waals surface area contributed by atoms with Gasteiger partial charge in [0.05, 0.1) is 5.02 Å². The van der Waals surface area contributed by atoms with Gasteiger partial charge in [-0.1, -0.05) is 59.6 Å². The Labute approximate surface area is 218 Å². The number of carbonyl (C=O) groups is 2. The van der Waals surface area contributed by atoms with Crippen LogP contribution < -0.4 is 15.4 Å². The van der Waals surface area contributed by atoms with Crippen molar-refractivity contribution >= 4 is 29.2 Å². The Balaban J connectivity index is 1.58. The van der Waals surface area contributed by atoms with Crippen LogP contribution in [0.2, 0.25) is 5.02 Å². The number of halogens is 3. The number of imide groups is 1. The van der Waals surface area contributed by atoms with Gasteiger partial charge >= 0.3 is 6.03 Å². The summed E-state index contributed by atoms with van der Waals surface area (Å²) in [5.41, 5.74) is 3.51. The number of amides is 3. The summed E-state index contributed by atoms with van der Waals surface area (Å²) >= 11 is 6.65. The molecule has 5 nitrogen and oxygen atoms in total. The average Bonchev–Trinajstić information content (AvgIpc) is 2.86. The Morgan fingerprint density at radius 1 is 0.865 bits per heavy atom. The van der Waals surface area contributed by atoms with Gasteiger partial charge in [0.25, 0.3) is 5.91 Å². The van der Waals surface area contributed by atoms with Gasteiger partial charge in [0, 0.05) is 11.3 Å². The van der Waals surface area contributed by atoms with E-state index >= 15 is 0 Å². The molecule has 188 valence electrons. The molecule has 0 fully saturated rings. The molecular weight excluding hydrogens is 498 g/mol. The number of anilines is 1. The van der Waals surface area contributed by atoms with E-state index in [1.54, 1.807) is 19.9 Å². The molecule has 0 saturated heterocycles. The first kappa shape index (κ1) is 25.9. The number of hydrogen-bond acceptors (Lipinski definition) is 3. The monoisotopic (exact) mass is 520 g/mol. The van der Waals surface area contributed by atoms with Crippen LogP contribution in [0.5, 0.6) is 11.5 Å².